The lowest BCUT2D eigenvalue weighted by molar-refractivity contribution is -0.137. The fourth-order valence-electron chi connectivity index (χ4n) is 3.87. The van der Waals surface area contributed by atoms with Gasteiger partial charge in [-0.15, -0.1) is 0 Å². The molecule has 3 heterocycles. The summed E-state index contributed by atoms with van der Waals surface area (Å²) in [7, 11) is 1.40. The molecule has 1 fully saturated rings. The van der Waals surface area contributed by atoms with E-state index in [2.05, 4.69) is 32.1 Å². The summed E-state index contributed by atoms with van der Waals surface area (Å²) in [4.78, 5) is 39.2. The van der Waals surface area contributed by atoms with Crippen LogP contribution < -0.4 is 11.1 Å². The second-order valence-corrected chi connectivity index (χ2v) is 8.49. The maximum absolute atomic E-state index is 12.9. The number of nitrogens with one attached hydrogen (secondary N) is 1. The monoisotopic (exact) mass is 493 g/mol. The molecule has 4 atom stereocenters. The first kappa shape index (κ1) is 25.1. The lowest BCUT2D eigenvalue weighted by Crippen LogP contribution is -2.41. The molecule has 1 aliphatic rings. The van der Waals surface area contributed by atoms with E-state index in [1.165, 1.54) is 17.9 Å². The topological polar surface area (TPSA) is 169 Å². The predicted molar refractivity (Wildman–Crippen MR) is 129 cm³/mol. The van der Waals surface area contributed by atoms with Crippen molar-refractivity contribution >= 4 is 28.8 Å². The van der Waals surface area contributed by atoms with Gasteiger partial charge in [0.1, 0.15) is 17.7 Å². The Bertz CT molecular complexity index is 1330. The molecule has 1 aliphatic heterocycles. The third kappa shape index (κ3) is 4.72. The van der Waals surface area contributed by atoms with E-state index in [9.17, 15) is 19.8 Å². The maximum atomic E-state index is 12.9. The van der Waals surface area contributed by atoms with Crippen LogP contribution in [0.5, 0.6) is 0 Å². The first-order valence-corrected chi connectivity index (χ1v) is 11.3. The van der Waals surface area contributed by atoms with E-state index in [0.717, 1.165) is 0 Å². The summed E-state index contributed by atoms with van der Waals surface area (Å²) >= 11 is 0. The standard InChI is InChI=1S/C24H27N7O5/c1-13(2)30(23(35)14-8-5-4-6-9-14)11-7-10-15-28-20(25)16-21(29-15)31(12-27-16)24-18(33)17(32)19(36-24)22(34)26-3/h4-6,8-9,12-13,17-19,24,32-33H,11H2,1-3H3,(H,26,34)(H2,25,28,29)/t17-,18+,19?,24?/m0/s1. The molecule has 4 rings (SSSR count). The highest BCUT2D eigenvalue weighted by Gasteiger charge is 2.47. The van der Waals surface area contributed by atoms with Crippen molar-refractivity contribution in [3.63, 3.8) is 0 Å². The largest absolute Gasteiger partial charge is 0.387 e. The van der Waals surface area contributed by atoms with E-state index >= 15 is 0 Å². The van der Waals surface area contributed by atoms with Gasteiger partial charge in [-0.3, -0.25) is 14.2 Å². The van der Waals surface area contributed by atoms with Crippen LogP contribution in [0.2, 0.25) is 0 Å². The van der Waals surface area contributed by atoms with Gasteiger partial charge in [-0.25, -0.2) is 15.0 Å². The van der Waals surface area contributed by atoms with Crippen molar-refractivity contribution in [1.29, 1.82) is 0 Å². The van der Waals surface area contributed by atoms with E-state index in [0.29, 0.717) is 5.56 Å². The fourth-order valence-corrected chi connectivity index (χ4v) is 3.87. The van der Waals surface area contributed by atoms with Crippen LogP contribution in [0.15, 0.2) is 36.7 Å². The molecule has 12 nitrogen and oxygen atoms in total. The summed E-state index contributed by atoms with van der Waals surface area (Å²) in [6, 6.07) is 8.83. The van der Waals surface area contributed by atoms with Gasteiger partial charge < -0.3 is 30.9 Å². The average Bonchev–Trinajstić information content (AvgIpc) is 3.42. The number of aliphatic hydroxyl groups is 2. The van der Waals surface area contributed by atoms with Crippen LogP contribution in [0.25, 0.3) is 11.2 Å². The molecule has 2 aromatic heterocycles. The van der Waals surface area contributed by atoms with Crippen LogP contribution in [0, 0.1) is 11.8 Å². The number of imidazole rings is 1. The first-order chi connectivity index (χ1) is 17.2. The molecule has 0 spiro atoms. The molecule has 2 unspecified atom stereocenters. The number of hydrogen-bond donors (Lipinski definition) is 4. The molecule has 0 radical (unpaired) electrons. The van der Waals surface area contributed by atoms with Gasteiger partial charge in [0, 0.05) is 18.7 Å². The Balaban J connectivity index is 1.60. The van der Waals surface area contributed by atoms with Gasteiger partial charge in [-0.1, -0.05) is 24.1 Å². The number of hydrogen-bond acceptors (Lipinski definition) is 9. The smallest absolute Gasteiger partial charge is 0.254 e. The number of aliphatic hydroxyl groups excluding tert-OH is 2. The van der Waals surface area contributed by atoms with Crippen molar-refractivity contribution in [2.45, 2.75) is 44.4 Å². The normalized spacial score (nSPS) is 21.3. The molecule has 1 saturated heterocycles. The van der Waals surface area contributed by atoms with Gasteiger partial charge in [-0.05, 0) is 31.9 Å². The van der Waals surface area contributed by atoms with Gasteiger partial charge in [0.15, 0.2) is 23.8 Å². The Morgan fingerprint density at radius 1 is 1.22 bits per heavy atom. The van der Waals surface area contributed by atoms with E-state index in [1.54, 1.807) is 29.2 Å². The zero-order valence-electron chi connectivity index (χ0n) is 20.0. The van der Waals surface area contributed by atoms with Crippen molar-refractivity contribution in [3.05, 3.63) is 48.0 Å². The van der Waals surface area contributed by atoms with Crippen LogP contribution in [-0.2, 0) is 9.53 Å². The van der Waals surface area contributed by atoms with Crippen molar-refractivity contribution in [2.75, 3.05) is 19.3 Å². The number of nitrogen functional groups attached to an aromatic ring is 1. The zero-order valence-corrected chi connectivity index (χ0v) is 20.0. The summed E-state index contributed by atoms with van der Waals surface area (Å²) in [5.74, 6) is 5.16. The Hall–Kier alpha value is -4.05. The number of rotatable bonds is 5. The molecule has 36 heavy (non-hydrogen) atoms. The minimum Gasteiger partial charge on any atom is -0.387 e. The second kappa shape index (κ2) is 10.3. The number of likely N-dealkylation sites (N-methyl/N-ethyl adjacent to an activating group) is 1. The highest BCUT2D eigenvalue weighted by molar-refractivity contribution is 5.94. The zero-order chi connectivity index (χ0) is 26.0. The molecule has 1 aromatic carbocycles. The van der Waals surface area contributed by atoms with Crippen molar-refractivity contribution in [3.8, 4) is 11.8 Å². The van der Waals surface area contributed by atoms with E-state index in [-0.39, 0.29) is 41.3 Å². The van der Waals surface area contributed by atoms with Crippen LogP contribution in [0.4, 0.5) is 5.82 Å². The van der Waals surface area contributed by atoms with E-state index in [4.69, 9.17) is 10.5 Å². The maximum Gasteiger partial charge on any atom is 0.254 e. The summed E-state index contributed by atoms with van der Waals surface area (Å²) in [5, 5.41) is 23.2. The third-order valence-corrected chi connectivity index (χ3v) is 5.82. The predicted octanol–water partition coefficient (Wildman–Crippen LogP) is -0.324. The minimum atomic E-state index is -1.45. The van der Waals surface area contributed by atoms with Crippen LogP contribution in [-0.4, -0.2) is 84.4 Å². The molecule has 0 bridgehead atoms. The van der Waals surface area contributed by atoms with E-state index < -0.39 is 30.4 Å². The molecular formula is C24H27N7O5. The van der Waals surface area contributed by atoms with Crippen molar-refractivity contribution < 1.29 is 24.5 Å². The van der Waals surface area contributed by atoms with Crippen molar-refractivity contribution in [2.24, 2.45) is 0 Å². The van der Waals surface area contributed by atoms with Gasteiger partial charge >= 0.3 is 0 Å². The van der Waals surface area contributed by atoms with Crippen LogP contribution in [0.1, 0.15) is 36.3 Å². The number of nitrogens with zero attached hydrogens (tertiary/aromatic N) is 5. The average molecular weight is 494 g/mol. The SMILES string of the molecule is CNC(=O)C1OC(n2cnc3c(N)nc(C#CCN(C(=O)c4ccccc4)C(C)C)nc32)[C@H](O)[C@@H]1O. The number of amides is 2. The third-order valence-electron chi connectivity index (χ3n) is 5.82. The summed E-state index contributed by atoms with van der Waals surface area (Å²) in [5.41, 5.74) is 7.07. The molecule has 0 aliphatic carbocycles. The highest BCUT2D eigenvalue weighted by Crippen LogP contribution is 2.32. The lowest BCUT2D eigenvalue weighted by atomic mass is 10.1. The highest BCUT2D eigenvalue weighted by atomic mass is 16.6. The number of anilines is 1. The van der Waals surface area contributed by atoms with Gasteiger partial charge in [0.2, 0.25) is 5.82 Å². The molecular weight excluding hydrogens is 466 g/mol. The Labute approximate surface area is 207 Å². The van der Waals surface area contributed by atoms with Gasteiger partial charge in [0.05, 0.1) is 12.9 Å². The molecule has 5 N–H and O–H groups in total. The number of aromatic nitrogens is 4. The summed E-state index contributed by atoms with van der Waals surface area (Å²) < 4.78 is 6.98. The second-order valence-electron chi connectivity index (χ2n) is 8.49. The number of fused-ring (bicyclic) bond motifs is 1. The number of nitrogens with two attached hydrogens (primary N) is 1. The number of ether oxygens (including phenoxy) is 1. The Kier molecular flexibility index (Phi) is 7.16. The van der Waals surface area contributed by atoms with E-state index in [1.807, 2.05) is 19.9 Å². The number of carbonyl (C=O) groups is 2. The summed E-state index contributed by atoms with van der Waals surface area (Å²) in [6.07, 6.45) is -3.94. The molecule has 12 heteroatoms. The van der Waals surface area contributed by atoms with Crippen LogP contribution in [0.3, 0.4) is 0 Å². The molecule has 0 saturated carbocycles. The fraction of sp³-hybridized carbons (Fsp3) is 0.375. The molecule has 188 valence electrons. The minimum absolute atomic E-state index is 0.0556. The number of benzene rings is 1. The Morgan fingerprint density at radius 2 is 1.94 bits per heavy atom. The summed E-state index contributed by atoms with van der Waals surface area (Å²) in [6.45, 7) is 3.93. The first-order valence-electron chi connectivity index (χ1n) is 11.3. The lowest BCUT2D eigenvalue weighted by Gasteiger charge is -2.24. The van der Waals surface area contributed by atoms with Crippen LogP contribution >= 0.6 is 0 Å². The molecule has 3 aromatic rings. The quantitative estimate of drug-likeness (QED) is 0.348. The van der Waals surface area contributed by atoms with Gasteiger partial charge in [0.25, 0.3) is 11.8 Å². The van der Waals surface area contributed by atoms with Crippen molar-refractivity contribution in [1.82, 2.24) is 29.7 Å². The molecule has 2 amide bonds. The Morgan fingerprint density at radius 3 is 2.61 bits per heavy atom. The number of carbonyl (C=O) groups excluding carboxylic acids is 2. The van der Waals surface area contributed by atoms with Gasteiger partial charge in [-0.2, -0.15) is 0 Å².